The van der Waals surface area contributed by atoms with Gasteiger partial charge in [-0.05, 0) is 30.5 Å². The van der Waals surface area contributed by atoms with Crippen LogP contribution in [0.4, 0.5) is 9.52 Å². The van der Waals surface area contributed by atoms with E-state index in [4.69, 9.17) is 16.6 Å². The van der Waals surface area contributed by atoms with Crippen LogP contribution in [0.3, 0.4) is 0 Å². The van der Waals surface area contributed by atoms with Crippen molar-refractivity contribution in [2.45, 2.75) is 43.6 Å². The summed E-state index contributed by atoms with van der Waals surface area (Å²) in [5, 5.41) is 4.62. The van der Waals surface area contributed by atoms with Crippen molar-refractivity contribution in [1.29, 1.82) is 0 Å². The third-order valence-corrected chi connectivity index (χ3v) is 6.69. The lowest BCUT2D eigenvalue weighted by Gasteiger charge is -2.27. The Labute approximate surface area is 170 Å². The molecule has 0 bridgehead atoms. The Kier molecular flexibility index (Phi) is 4.64. The van der Waals surface area contributed by atoms with E-state index in [1.807, 2.05) is 10.6 Å². The molecule has 2 atom stereocenters. The molecule has 4 aromatic rings. The van der Waals surface area contributed by atoms with E-state index in [1.165, 1.54) is 25.1 Å². The number of rotatable bonds is 4. The van der Waals surface area contributed by atoms with Crippen molar-refractivity contribution in [1.82, 2.24) is 19.5 Å². The summed E-state index contributed by atoms with van der Waals surface area (Å²) < 4.78 is 16.4. The van der Waals surface area contributed by atoms with Crippen LogP contribution in [0.15, 0.2) is 36.8 Å². The fourth-order valence-corrected chi connectivity index (χ4v) is 5.11. The van der Waals surface area contributed by atoms with E-state index in [2.05, 4.69) is 27.4 Å². The van der Waals surface area contributed by atoms with Crippen LogP contribution in [0.2, 0.25) is 0 Å². The van der Waals surface area contributed by atoms with Crippen LogP contribution in [0.5, 0.6) is 0 Å². The summed E-state index contributed by atoms with van der Waals surface area (Å²) in [5.74, 6) is -0.374. The first-order chi connectivity index (χ1) is 13.7. The summed E-state index contributed by atoms with van der Waals surface area (Å²) >= 11 is 8.12. The Morgan fingerprint density at radius 3 is 2.96 bits per heavy atom. The van der Waals surface area contributed by atoms with Gasteiger partial charge in [-0.15, -0.1) is 11.6 Å². The molecule has 144 valence electrons. The molecule has 3 heterocycles. The van der Waals surface area contributed by atoms with Crippen molar-refractivity contribution < 1.29 is 4.39 Å². The number of nitrogens with one attached hydrogen (secondary N) is 1. The summed E-state index contributed by atoms with van der Waals surface area (Å²) in [6, 6.07) is 7.94. The summed E-state index contributed by atoms with van der Waals surface area (Å²) in [6.45, 7) is 0.623. The van der Waals surface area contributed by atoms with Crippen molar-refractivity contribution in [3.05, 3.63) is 48.2 Å². The van der Waals surface area contributed by atoms with Gasteiger partial charge in [-0.2, -0.15) is 0 Å². The van der Waals surface area contributed by atoms with Gasteiger partial charge in [0, 0.05) is 12.1 Å². The van der Waals surface area contributed by atoms with Crippen LogP contribution in [0.25, 0.3) is 21.4 Å². The summed E-state index contributed by atoms with van der Waals surface area (Å²) in [4.78, 5) is 13.1. The number of imidazole rings is 1. The molecule has 5 nitrogen and oxygen atoms in total. The minimum atomic E-state index is -0.374. The molecule has 0 unspecified atom stereocenters. The molecule has 1 aromatic carbocycles. The molecule has 3 aromatic heterocycles. The second-order valence-corrected chi connectivity index (χ2v) is 8.83. The van der Waals surface area contributed by atoms with Gasteiger partial charge in [0.25, 0.3) is 0 Å². The lowest BCUT2D eigenvalue weighted by molar-refractivity contribution is 0.469. The van der Waals surface area contributed by atoms with Gasteiger partial charge in [-0.3, -0.25) is 0 Å². The number of nitrogens with zero attached hydrogens (tertiary/aromatic N) is 4. The molecule has 1 aliphatic carbocycles. The first-order valence-corrected chi connectivity index (χ1v) is 10.7. The molecule has 28 heavy (non-hydrogen) atoms. The fourth-order valence-electron chi connectivity index (χ4n) is 3.77. The molecular weight excluding hydrogens is 397 g/mol. The number of benzene rings is 1. The zero-order valence-corrected chi connectivity index (χ0v) is 16.7. The average Bonchev–Trinajstić information content (AvgIpc) is 3.26. The SMILES string of the molecule is Fc1cnc2c(c1)ncn2Cc1ccc2nc(N[C@@H]3CCCC[C@@H]3Cl)sc2c1. The molecule has 0 spiro atoms. The van der Waals surface area contributed by atoms with Crippen LogP contribution in [-0.4, -0.2) is 30.9 Å². The number of alkyl halides is 1. The smallest absolute Gasteiger partial charge is 0.184 e. The number of anilines is 1. The van der Waals surface area contributed by atoms with Crippen molar-refractivity contribution >= 4 is 49.4 Å². The Hall–Kier alpha value is -2.25. The Balaban J connectivity index is 1.38. The quantitative estimate of drug-likeness (QED) is 0.466. The summed E-state index contributed by atoms with van der Waals surface area (Å²) in [6.07, 6.45) is 7.50. The van der Waals surface area contributed by atoms with Crippen molar-refractivity contribution in [3.8, 4) is 0 Å². The monoisotopic (exact) mass is 415 g/mol. The van der Waals surface area contributed by atoms with Crippen molar-refractivity contribution in [2.75, 3.05) is 5.32 Å². The molecule has 0 saturated heterocycles. The molecule has 0 amide bonds. The maximum Gasteiger partial charge on any atom is 0.184 e. The second-order valence-electron chi connectivity index (χ2n) is 7.24. The minimum Gasteiger partial charge on any atom is -0.357 e. The van der Waals surface area contributed by atoms with Crippen molar-refractivity contribution in [2.24, 2.45) is 0 Å². The highest BCUT2D eigenvalue weighted by Crippen LogP contribution is 2.31. The minimum absolute atomic E-state index is 0.170. The molecule has 1 N–H and O–H groups in total. The average molecular weight is 416 g/mol. The van der Waals surface area contributed by atoms with Gasteiger partial charge in [-0.25, -0.2) is 19.3 Å². The van der Waals surface area contributed by atoms with E-state index in [0.717, 1.165) is 33.8 Å². The van der Waals surface area contributed by atoms with Crippen LogP contribution in [0, 0.1) is 5.82 Å². The zero-order valence-electron chi connectivity index (χ0n) is 15.1. The molecule has 5 rings (SSSR count). The third kappa shape index (κ3) is 3.44. The maximum atomic E-state index is 13.3. The molecule has 1 saturated carbocycles. The highest BCUT2D eigenvalue weighted by Gasteiger charge is 2.23. The number of fused-ring (bicyclic) bond motifs is 2. The normalized spacial score (nSPS) is 20.1. The summed E-state index contributed by atoms with van der Waals surface area (Å²) in [5.41, 5.74) is 3.35. The number of aromatic nitrogens is 4. The van der Waals surface area contributed by atoms with Crippen LogP contribution >= 0.6 is 22.9 Å². The largest absolute Gasteiger partial charge is 0.357 e. The Morgan fingerprint density at radius 2 is 2.07 bits per heavy atom. The highest BCUT2D eigenvalue weighted by molar-refractivity contribution is 7.22. The van der Waals surface area contributed by atoms with E-state index in [0.29, 0.717) is 23.8 Å². The van der Waals surface area contributed by atoms with Gasteiger partial charge >= 0.3 is 0 Å². The molecule has 1 fully saturated rings. The van der Waals surface area contributed by atoms with Crippen LogP contribution in [0.1, 0.15) is 31.2 Å². The number of thiazole rings is 1. The maximum absolute atomic E-state index is 13.3. The first kappa shape index (κ1) is 17.8. The lowest BCUT2D eigenvalue weighted by Crippen LogP contribution is -2.32. The first-order valence-electron chi connectivity index (χ1n) is 9.42. The standard InChI is InChI=1S/C20H19ClFN5S/c21-14-3-1-2-4-15(14)25-20-26-16-6-5-12(7-18(16)28-20)10-27-11-24-17-8-13(22)9-23-19(17)27/h5-9,11,14-15H,1-4,10H2,(H,25,26)/t14-,15+/m0/s1. The van der Waals surface area contributed by atoms with E-state index >= 15 is 0 Å². The topological polar surface area (TPSA) is 55.6 Å². The number of pyridine rings is 1. The predicted molar refractivity (Wildman–Crippen MR) is 112 cm³/mol. The zero-order chi connectivity index (χ0) is 19.1. The van der Waals surface area contributed by atoms with Crippen LogP contribution in [-0.2, 0) is 6.54 Å². The number of halogens is 2. The van der Waals surface area contributed by atoms with E-state index in [1.54, 1.807) is 17.7 Å². The van der Waals surface area contributed by atoms with Gasteiger partial charge in [0.15, 0.2) is 10.8 Å². The summed E-state index contributed by atoms with van der Waals surface area (Å²) in [7, 11) is 0. The van der Waals surface area contributed by atoms with E-state index in [9.17, 15) is 4.39 Å². The lowest BCUT2D eigenvalue weighted by atomic mass is 9.95. The van der Waals surface area contributed by atoms with Crippen LogP contribution < -0.4 is 5.32 Å². The van der Waals surface area contributed by atoms with Gasteiger partial charge in [0.2, 0.25) is 0 Å². The molecule has 1 aliphatic rings. The molecule has 8 heteroatoms. The molecular formula is C20H19ClFN5S. The molecule has 0 radical (unpaired) electrons. The van der Waals surface area contributed by atoms with Gasteiger partial charge in [0.05, 0.1) is 34.7 Å². The van der Waals surface area contributed by atoms with E-state index < -0.39 is 0 Å². The predicted octanol–water partition coefficient (Wildman–Crippen LogP) is 5.19. The number of hydrogen-bond donors (Lipinski definition) is 1. The second kappa shape index (κ2) is 7.29. The number of hydrogen-bond acceptors (Lipinski definition) is 5. The highest BCUT2D eigenvalue weighted by atomic mass is 35.5. The van der Waals surface area contributed by atoms with Gasteiger partial charge in [0.1, 0.15) is 11.3 Å². The molecule has 0 aliphatic heterocycles. The van der Waals surface area contributed by atoms with Gasteiger partial charge < -0.3 is 9.88 Å². The third-order valence-electron chi connectivity index (χ3n) is 5.22. The Bertz CT molecular complexity index is 1140. The van der Waals surface area contributed by atoms with Gasteiger partial charge in [-0.1, -0.05) is 30.2 Å². The fraction of sp³-hybridized carbons (Fsp3) is 0.350. The van der Waals surface area contributed by atoms with E-state index in [-0.39, 0.29) is 11.2 Å². The van der Waals surface area contributed by atoms with Crippen molar-refractivity contribution in [3.63, 3.8) is 0 Å². The Morgan fingerprint density at radius 1 is 1.18 bits per heavy atom.